The average Bonchev–Trinajstić information content (AvgIpc) is 2.84. The van der Waals surface area contributed by atoms with E-state index in [1.165, 1.54) is 0 Å². The first-order chi connectivity index (χ1) is 8.78. The molecular weight excluding hydrogens is 228 g/mol. The number of β-amino-alcohol motifs (C(OH)–C–C–N with tert-alkyl or cyclic N) is 1. The molecule has 0 spiro atoms. The molecule has 2 heterocycles. The molecule has 0 bridgehead atoms. The van der Waals surface area contributed by atoms with Crippen molar-refractivity contribution in [1.82, 2.24) is 9.78 Å². The fourth-order valence-electron chi connectivity index (χ4n) is 2.17. The second-order valence-corrected chi connectivity index (χ2v) is 4.51. The van der Waals surface area contributed by atoms with E-state index in [0.29, 0.717) is 19.6 Å². The van der Waals surface area contributed by atoms with E-state index in [-0.39, 0.29) is 6.10 Å². The van der Waals surface area contributed by atoms with E-state index >= 15 is 0 Å². The van der Waals surface area contributed by atoms with Gasteiger partial charge in [-0.1, -0.05) is 18.2 Å². The van der Waals surface area contributed by atoms with Gasteiger partial charge in [-0.2, -0.15) is 5.10 Å². The zero-order chi connectivity index (χ0) is 12.5. The van der Waals surface area contributed by atoms with Crippen molar-refractivity contribution in [2.75, 3.05) is 18.0 Å². The fraction of sp³-hybridized carbons (Fsp3) is 0.308. The van der Waals surface area contributed by atoms with E-state index in [4.69, 9.17) is 5.73 Å². The van der Waals surface area contributed by atoms with E-state index in [1.54, 1.807) is 0 Å². The molecule has 0 atom stereocenters. The third-order valence-electron chi connectivity index (χ3n) is 3.22. The number of benzene rings is 1. The summed E-state index contributed by atoms with van der Waals surface area (Å²) in [6.45, 7) is 1.82. The van der Waals surface area contributed by atoms with Gasteiger partial charge in [0.25, 0.3) is 0 Å². The zero-order valence-corrected chi connectivity index (χ0v) is 10.0. The summed E-state index contributed by atoms with van der Waals surface area (Å²) < 4.78 is 1.84. The number of aromatic nitrogens is 2. The molecule has 1 aliphatic rings. The molecule has 1 aliphatic heterocycles. The minimum atomic E-state index is -0.216. The molecule has 3 N–H and O–H groups in total. The number of para-hydroxylation sites is 1. The normalized spacial score (nSPS) is 15.8. The van der Waals surface area contributed by atoms with Gasteiger partial charge in [0, 0.05) is 31.9 Å². The van der Waals surface area contributed by atoms with Crippen molar-refractivity contribution in [3.05, 3.63) is 42.1 Å². The lowest BCUT2D eigenvalue weighted by atomic mass is 10.2. The van der Waals surface area contributed by atoms with Crippen LogP contribution in [-0.4, -0.2) is 34.1 Å². The van der Waals surface area contributed by atoms with Crippen molar-refractivity contribution in [3.8, 4) is 5.69 Å². The lowest BCUT2D eigenvalue weighted by Gasteiger charge is -2.35. The zero-order valence-electron chi connectivity index (χ0n) is 10.0. The fourth-order valence-corrected chi connectivity index (χ4v) is 2.17. The number of anilines is 1. The summed E-state index contributed by atoms with van der Waals surface area (Å²) in [5.41, 5.74) is 7.80. The van der Waals surface area contributed by atoms with Crippen molar-refractivity contribution >= 4 is 5.82 Å². The Bertz CT molecular complexity index is 545. The molecule has 0 unspecified atom stereocenters. The minimum absolute atomic E-state index is 0.216. The molecule has 5 nitrogen and oxygen atoms in total. The Hall–Kier alpha value is -1.85. The molecule has 0 amide bonds. The van der Waals surface area contributed by atoms with E-state index < -0.39 is 0 Å². The SMILES string of the molecule is NCc1ccccc1-n1ccc(N2CC(O)C2)n1. The number of nitrogens with zero attached hydrogens (tertiary/aromatic N) is 3. The van der Waals surface area contributed by atoms with Crippen LogP contribution in [0.1, 0.15) is 5.56 Å². The lowest BCUT2D eigenvalue weighted by Crippen LogP contribution is -2.51. The molecule has 0 radical (unpaired) electrons. The van der Waals surface area contributed by atoms with Gasteiger partial charge in [0.15, 0.2) is 5.82 Å². The monoisotopic (exact) mass is 244 g/mol. The summed E-state index contributed by atoms with van der Waals surface area (Å²) in [5, 5.41) is 13.8. The highest BCUT2D eigenvalue weighted by molar-refractivity contribution is 5.45. The molecular formula is C13H16N4O. The number of nitrogens with two attached hydrogens (primary N) is 1. The first-order valence-corrected chi connectivity index (χ1v) is 6.05. The second-order valence-electron chi connectivity index (χ2n) is 4.51. The maximum absolute atomic E-state index is 9.29. The summed E-state index contributed by atoms with van der Waals surface area (Å²) in [6.07, 6.45) is 1.71. The molecule has 3 rings (SSSR count). The number of aliphatic hydroxyl groups is 1. The largest absolute Gasteiger partial charge is 0.389 e. The Morgan fingerprint density at radius 3 is 2.78 bits per heavy atom. The maximum atomic E-state index is 9.29. The molecule has 94 valence electrons. The lowest BCUT2D eigenvalue weighted by molar-refractivity contribution is 0.141. The Morgan fingerprint density at radius 2 is 2.06 bits per heavy atom. The van der Waals surface area contributed by atoms with Gasteiger partial charge in [-0.3, -0.25) is 0 Å². The quantitative estimate of drug-likeness (QED) is 0.825. The van der Waals surface area contributed by atoms with Gasteiger partial charge < -0.3 is 15.7 Å². The molecule has 1 fully saturated rings. The molecule has 2 aromatic rings. The highest BCUT2D eigenvalue weighted by atomic mass is 16.3. The second kappa shape index (κ2) is 4.44. The third-order valence-corrected chi connectivity index (χ3v) is 3.22. The van der Waals surface area contributed by atoms with Gasteiger partial charge in [-0.05, 0) is 11.6 Å². The van der Waals surface area contributed by atoms with E-state index in [9.17, 15) is 5.11 Å². The summed E-state index contributed by atoms with van der Waals surface area (Å²) >= 11 is 0. The summed E-state index contributed by atoms with van der Waals surface area (Å²) in [7, 11) is 0. The van der Waals surface area contributed by atoms with Crippen LogP contribution in [0, 0.1) is 0 Å². The molecule has 1 saturated heterocycles. The van der Waals surface area contributed by atoms with Crippen LogP contribution in [0.4, 0.5) is 5.82 Å². The van der Waals surface area contributed by atoms with Gasteiger partial charge in [0.05, 0.1) is 11.8 Å². The maximum Gasteiger partial charge on any atom is 0.151 e. The molecule has 18 heavy (non-hydrogen) atoms. The van der Waals surface area contributed by atoms with Gasteiger partial charge in [0.1, 0.15) is 0 Å². The highest BCUT2D eigenvalue weighted by Gasteiger charge is 2.26. The number of hydrogen-bond acceptors (Lipinski definition) is 4. The Morgan fingerprint density at radius 1 is 1.28 bits per heavy atom. The average molecular weight is 244 g/mol. The standard InChI is InChI=1S/C13H16N4O/c14-7-10-3-1-2-4-12(10)17-6-5-13(15-17)16-8-11(18)9-16/h1-6,11,18H,7-9,14H2. The molecule has 0 aliphatic carbocycles. The van der Waals surface area contributed by atoms with Crippen LogP contribution >= 0.6 is 0 Å². The van der Waals surface area contributed by atoms with Gasteiger partial charge in [-0.15, -0.1) is 0 Å². The van der Waals surface area contributed by atoms with Crippen molar-refractivity contribution in [1.29, 1.82) is 0 Å². The number of rotatable bonds is 3. The van der Waals surface area contributed by atoms with E-state index in [2.05, 4.69) is 5.10 Å². The van der Waals surface area contributed by atoms with Crippen molar-refractivity contribution in [2.45, 2.75) is 12.6 Å². The van der Waals surface area contributed by atoms with Crippen LogP contribution in [0.2, 0.25) is 0 Å². The predicted octanol–water partition coefficient (Wildman–Crippen LogP) is 0.512. The smallest absolute Gasteiger partial charge is 0.151 e. The van der Waals surface area contributed by atoms with E-state index in [1.807, 2.05) is 46.1 Å². The van der Waals surface area contributed by atoms with E-state index in [0.717, 1.165) is 17.1 Å². The van der Waals surface area contributed by atoms with Gasteiger partial charge >= 0.3 is 0 Å². The Labute approximate surface area is 105 Å². The van der Waals surface area contributed by atoms with Crippen LogP contribution in [0.25, 0.3) is 5.69 Å². The predicted molar refractivity (Wildman–Crippen MR) is 69.7 cm³/mol. The van der Waals surface area contributed by atoms with Crippen LogP contribution in [0.5, 0.6) is 0 Å². The van der Waals surface area contributed by atoms with Crippen LogP contribution in [0.15, 0.2) is 36.5 Å². The molecule has 0 saturated carbocycles. The van der Waals surface area contributed by atoms with Crippen LogP contribution < -0.4 is 10.6 Å². The van der Waals surface area contributed by atoms with Crippen molar-refractivity contribution < 1.29 is 5.11 Å². The van der Waals surface area contributed by atoms with Crippen LogP contribution in [0.3, 0.4) is 0 Å². The summed E-state index contributed by atoms with van der Waals surface area (Å²) in [5.74, 6) is 0.895. The van der Waals surface area contributed by atoms with Crippen molar-refractivity contribution in [3.63, 3.8) is 0 Å². The molecule has 1 aromatic carbocycles. The van der Waals surface area contributed by atoms with Gasteiger partial charge in [0.2, 0.25) is 0 Å². The first kappa shape index (κ1) is 11.3. The summed E-state index contributed by atoms with van der Waals surface area (Å²) in [4.78, 5) is 2.05. The number of hydrogen-bond donors (Lipinski definition) is 2. The Balaban J connectivity index is 1.88. The minimum Gasteiger partial charge on any atom is -0.389 e. The molecule has 1 aromatic heterocycles. The first-order valence-electron chi connectivity index (χ1n) is 6.05. The highest BCUT2D eigenvalue weighted by Crippen LogP contribution is 2.21. The summed E-state index contributed by atoms with van der Waals surface area (Å²) in [6, 6.07) is 9.91. The number of aliphatic hydroxyl groups excluding tert-OH is 1. The Kier molecular flexibility index (Phi) is 2.77. The van der Waals surface area contributed by atoms with Crippen molar-refractivity contribution in [2.24, 2.45) is 5.73 Å². The topological polar surface area (TPSA) is 67.3 Å². The van der Waals surface area contributed by atoms with Crippen LogP contribution in [-0.2, 0) is 6.54 Å². The van der Waals surface area contributed by atoms with Gasteiger partial charge in [-0.25, -0.2) is 4.68 Å². The third kappa shape index (κ3) is 1.87. The molecule has 5 heteroatoms.